The van der Waals surface area contributed by atoms with Crippen LogP contribution in [-0.4, -0.2) is 71.3 Å². The molecule has 3 saturated carbocycles. The SMILES string of the molecule is CC1=C(O)C(=O)C=C2C1=CC=C1[C@@]2(C)CC[C@@]2(C)C3C[C@](C)(NC(=O)C(=O)N4CC5(CCN(C)C5)C4)CC[C@]3(C)CC[C@]12C. The van der Waals surface area contributed by atoms with Crippen molar-refractivity contribution in [2.75, 3.05) is 33.2 Å². The minimum Gasteiger partial charge on any atom is -0.504 e. The van der Waals surface area contributed by atoms with Crippen molar-refractivity contribution in [2.24, 2.45) is 33.0 Å². The summed E-state index contributed by atoms with van der Waals surface area (Å²) < 4.78 is 0. The number of amides is 2. The van der Waals surface area contributed by atoms with E-state index in [-0.39, 0.29) is 44.5 Å². The third kappa shape index (κ3) is 3.93. The Kier molecular flexibility index (Phi) is 6.28. The molecule has 0 bridgehead atoms. The molecule has 0 aromatic rings. The summed E-state index contributed by atoms with van der Waals surface area (Å²) in [4.78, 5) is 43.6. The molecule has 7 nitrogen and oxygen atoms in total. The van der Waals surface area contributed by atoms with E-state index < -0.39 is 11.4 Å². The summed E-state index contributed by atoms with van der Waals surface area (Å²) in [6, 6.07) is 0. The van der Waals surface area contributed by atoms with E-state index in [1.54, 1.807) is 11.0 Å². The van der Waals surface area contributed by atoms with Gasteiger partial charge in [0.05, 0.1) is 0 Å². The number of carbonyl (C=O) groups is 3. The van der Waals surface area contributed by atoms with Crippen LogP contribution in [0.4, 0.5) is 0 Å². The number of allylic oxidation sites excluding steroid dienone is 7. The first-order valence-corrected chi connectivity index (χ1v) is 16.9. The van der Waals surface area contributed by atoms with Crippen LogP contribution in [0.25, 0.3) is 0 Å². The summed E-state index contributed by atoms with van der Waals surface area (Å²) in [6.07, 6.45) is 14.2. The largest absolute Gasteiger partial charge is 0.504 e. The average molecular weight is 602 g/mol. The monoisotopic (exact) mass is 601 g/mol. The second-order valence-electron chi connectivity index (χ2n) is 17.2. The minimum absolute atomic E-state index is 0.00227. The Morgan fingerprint density at radius 3 is 2.32 bits per heavy atom. The number of hydrogen-bond donors (Lipinski definition) is 2. The summed E-state index contributed by atoms with van der Waals surface area (Å²) in [5.41, 5.74) is 3.73. The van der Waals surface area contributed by atoms with Gasteiger partial charge in [-0.25, -0.2) is 0 Å². The second kappa shape index (κ2) is 9.20. The van der Waals surface area contributed by atoms with Crippen LogP contribution >= 0.6 is 0 Å². The second-order valence-corrected chi connectivity index (χ2v) is 17.2. The zero-order valence-corrected chi connectivity index (χ0v) is 27.9. The van der Waals surface area contributed by atoms with Crippen LogP contribution in [-0.2, 0) is 14.4 Å². The van der Waals surface area contributed by atoms with Crippen molar-refractivity contribution in [3.05, 3.63) is 46.3 Å². The highest BCUT2D eigenvalue weighted by molar-refractivity contribution is 6.35. The lowest BCUT2D eigenvalue weighted by Crippen LogP contribution is -2.66. The third-order valence-corrected chi connectivity index (χ3v) is 14.5. The maximum atomic E-state index is 13.4. The molecule has 2 heterocycles. The number of aliphatic hydroxyl groups excluding tert-OH is 1. The van der Waals surface area contributed by atoms with Gasteiger partial charge in [-0.05, 0) is 118 Å². The highest BCUT2D eigenvalue weighted by Crippen LogP contribution is 2.75. The van der Waals surface area contributed by atoms with E-state index in [0.29, 0.717) is 24.6 Å². The van der Waals surface area contributed by atoms with Crippen LogP contribution in [0.5, 0.6) is 0 Å². The first-order valence-electron chi connectivity index (χ1n) is 16.9. The van der Waals surface area contributed by atoms with Gasteiger partial charge in [-0.3, -0.25) is 14.4 Å². The van der Waals surface area contributed by atoms with E-state index in [1.165, 1.54) is 5.57 Å². The molecule has 44 heavy (non-hydrogen) atoms. The Balaban J connectivity index is 1.14. The fourth-order valence-electron chi connectivity index (χ4n) is 11.4. The lowest BCUT2D eigenvalue weighted by atomic mass is 9.35. The van der Waals surface area contributed by atoms with Gasteiger partial charge in [0.2, 0.25) is 5.78 Å². The topological polar surface area (TPSA) is 89.9 Å². The number of likely N-dealkylation sites (tertiary alicyclic amines) is 2. The zero-order valence-electron chi connectivity index (χ0n) is 27.9. The number of rotatable bonds is 1. The minimum atomic E-state index is -0.439. The molecule has 6 atom stereocenters. The van der Waals surface area contributed by atoms with E-state index in [9.17, 15) is 19.5 Å². The summed E-state index contributed by atoms with van der Waals surface area (Å²) in [6.45, 7) is 17.2. The van der Waals surface area contributed by atoms with Gasteiger partial charge in [-0.15, -0.1) is 0 Å². The van der Waals surface area contributed by atoms with Crippen LogP contribution in [0.3, 0.4) is 0 Å². The maximum absolute atomic E-state index is 13.4. The van der Waals surface area contributed by atoms with Crippen LogP contribution in [0, 0.1) is 33.0 Å². The molecule has 0 aromatic heterocycles. The summed E-state index contributed by atoms with van der Waals surface area (Å²) >= 11 is 0. The van der Waals surface area contributed by atoms with Gasteiger partial charge in [-0.2, -0.15) is 0 Å². The Hall–Kier alpha value is -2.67. The number of ketones is 1. The van der Waals surface area contributed by atoms with Crippen LogP contribution in [0.1, 0.15) is 92.9 Å². The highest BCUT2D eigenvalue weighted by atomic mass is 16.3. The fraction of sp³-hybridized carbons (Fsp3) is 0.703. The predicted molar refractivity (Wildman–Crippen MR) is 170 cm³/mol. The van der Waals surface area contributed by atoms with Gasteiger partial charge in [0.25, 0.3) is 0 Å². The van der Waals surface area contributed by atoms with Crippen molar-refractivity contribution in [3.8, 4) is 0 Å². The Morgan fingerprint density at radius 1 is 0.932 bits per heavy atom. The van der Waals surface area contributed by atoms with Crippen LogP contribution < -0.4 is 5.32 Å². The van der Waals surface area contributed by atoms with Crippen LogP contribution in [0.2, 0.25) is 0 Å². The van der Waals surface area contributed by atoms with Crippen molar-refractivity contribution in [1.82, 2.24) is 15.1 Å². The van der Waals surface area contributed by atoms with Crippen LogP contribution in [0.15, 0.2) is 46.3 Å². The maximum Gasteiger partial charge on any atom is 0.311 e. The normalized spacial score (nSPS) is 42.7. The molecule has 1 spiro atoms. The quantitative estimate of drug-likeness (QED) is 0.380. The number of aliphatic hydroxyl groups is 1. The molecule has 238 valence electrons. The molecule has 5 fully saturated rings. The Morgan fingerprint density at radius 2 is 1.64 bits per heavy atom. The molecule has 2 N–H and O–H groups in total. The lowest BCUT2D eigenvalue weighted by molar-refractivity contribution is -0.162. The molecule has 2 saturated heterocycles. The van der Waals surface area contributed by atoms with E-state index in [0.717, 1.165) is 75.6 Å². The van der Waals surface area contributed by atoms with Gasteiger partial charge in [0.15, 0.2) is 5.76 Å². The first-order chi connectivity index (χ1) is 20.5. The molecule has 2 amide bonds. The molecule has 1 unspecified atom stereocenters. The van der Waals surface area contributed by atoms with E-state index in [2.05, 4.69) is 64.0 Å². The summed E-state index contributed by atoms with van der Waals surface area (Å²) in [7, 11) is 2.13. The van der Waals surface area contributed by atoms with Crippen molar-refractivity contribution in [3.63, 3.8) is 0 Å². The Labute approximate surface area is 262 Å². The lowest BCUT2D eigenvalue weighted by Gasteiger charge is -2.70. The number of hydrogen-bond acceptors (Lipinski definition) is 5. The smallest absolute Gasteiger partial charge is 0.311 e. The third-order valence-electron chi connectivity index (χ3n) is 14.5. The van der Waals surface area contributed by atoms with Crippen molar-refractivity contribution < 1.29 is 19.5 Å². The summed E-state index contributed by atoms with van der Waals surface area (Å²) in [5.74, 6) is -0.849. The van der Waals surface area contributed by atoms with Crippen molar-refractivity contribution in [1.29, 1.82) is 0 Å². The predicted octanol–water partition coefficient (Wildman–Crippen LogP) is 5.65. The van der Waals surface area contributed by atoms with Crippen molar-refractivity contribution >= 4 is 17.6 Å². The van der Waals surface area contributed by atoms with Gasteiger partial charge >= 0.3 is 11.8 Å². The van der Waals surface area contributed by atoms with Gasteiger partial charge in [-0.1, -0.05) is 45.4 Å². The highest BCUT2D eigenvalue weighted by Gasteiger charge is 2.67. The molecule has 0 aromatic carbocycles. The van der Waals surface area contributed by atoms with E-state index >= 15 is 0 Å². The molecular formula is C37H51N3O4. The number of fused-ring (bicyclic) bond motifs is 7. The molecular weight excluding hydrogens is 550 g/mol. The molecule has 0 radical (unpaired) electrons. The standard InChI is InChI=1S/C37H51N3O4/c1-23-24-8-9-27-34(4,25(24)18-26(41)29(23)42)13-15-36(6)28-19-33(3,12-10-32(28,2)11-14-35(27,36)5)38-30(43)31(44)40-21-37(22-40)16-17-39(7)20-37/h8-9,18,28,42H,10-17,19-22H2,1-7H3,(H,38,43)/t28?,32-,33-,34+,35-,36+/m1/s1. The molecule has 7 heteroatoms. The number of carbonyl (C=O) groups excluding carboxylic acids is 3. The molecule has 7 rings (SSSR count). The average Bonchev–Trinajstić information content (AvgIpc) is 3.35. The molecule has 2 aliphatic heterocycles. The van der Waals surface area contributed by atoms with E-state index in [4.69, 9.17) is 0 Å². The fourth-order valence-corrected chi connectivity index (χ4v) is 11.4. The first kappa shape index (κ1) is 30.0. The van der Waals surface area contributed by atoms with Gasteiger partial charge in [0, 0.05) is 41.6 Å². The number of nitrogens with zero attached hydrogens (tertiary/aromatic N) is 2. The number of nitrogens with one attached hydrogen (secondary N) is 1. The van der Waals surface area contributed by atoms with E-state index in [1.807, 2.05) is 6.92 Å². The molecule has 7 aliphatic rings. The van der Waals surface area contributed by atoms with Crippen molar-refractivity contribution in [2.45, 2.75) is 98.4 Å². The zero-order chi connectivity index (χ0) is 31.7. The Bertz CT molecular complexity index is 1500. The summed E-state index contributed by atoms with van der Waals surface area (Å²) in [5, 5.41) is 13.7. The molecule has 5 aliphatic carbocycles. The van der Waals surface area contributed by atoms with Gasteiger partial charge in [0.1, 0.15) is 0 Å². The van der Waals surface area contributed by atoms with Gasteiger partial charge < -0.3 is 20.2 Å².